The van der Waals surface area contributed by atoms with Crippen LogP contribution in [0.15, 0.2) is 65.3 Å². The smallest absolute Gasteiger partial charge is 0.289 e. The second-order valence-electron chi connectivity index (χ2n) is 8.74. The van der Waals surface area contributed by atoms with E-state index >= 15 is 0 Å². The maximum Gasteiger partial charge on any atom is 0.289 e. The molecule has 0 spiro atoms. The van der Waals surface area contributed by atoms with Crippen LogP contribution in [-0.2, 0) is 6.54 Å². The molecule has 7 heteroatoms. The van der Waals surface area contributed by atoms with Crippen LogP contribution < -0.4 is 9.47 Å². The standard InChI is InChI=1S/C28H31N3O4/c1-19-8-10-20(11-9-19)26-21(17-22-23(33-4)12-13-24(34-5)27(22)29-26)18-31(15-14-30(2)3)28(32)25-7-6-16-35-25/h6-13,16-17H,14-15,18H2,1-5H3. The first kappa shape index (κ1) is 24.3. The second kappa shape index (κ2) is 10.6. The maximum atomic E-state index is 13.4. The average molecular weight is 474 g/mol. The van der Waals surface area contributed by atoms with Crippen molar-refractivity contribution in [3.63, 3.8) is 0 Å². The van der Waals surface area contributed by atoms with Crippen LogP contribution in [0.3, 0.4) is 0 Å². The van der Waals surface area contributed by atoms with Crippen molar-refractivity contribution >= 4 is 16.8 Å². The summed E-state index contributed by atoms with van der Waals surface area (Å²) in [5, 5.41) is 0.829. The van der Waals surface area contributed by atoms with Crippen LogP contribution in [0.1, 0.15) is 21.7 Å². The number of hydrogen-bond acceptors (Lipinski definition) is 6. The lowest BCUT2D eigenvalue weighted by Gasteiger charge is -2.25. The van der Waals surface area contributed by atoms with Crippen LogP contribution in [0.2, 0.25) is 0 Å². The van der Waals surface area contributed by atoms with E-state index in [9.17, 15) is 4.79 Å². The summed E-state index contributed by atoms with van der Waals surface area (Å²) in [4.78, 5) is 22.2. The Morgan fingerprint density at radius 2 is 1.69 bits per heavy atom. The Hall–Kier alpha value is -3.84. The topological polar surface area (TPSA) is 68.0 Å². The zero-order chi connectivity index (χ0) is 24.9. The van der Waals surface area contributed by atoms with Crippen LogP contribution in [0, 0.1) is 6.92 Å². The number of aryl methyl sites for hydroxylation is 1. The van der Waals surface area contributed by atoms with E-state index in [1.807, 2.05) is 26.2 Å². The highest BCUT2D eigenvalue weighted by Gasteiger charge is 2.22. The second-order valence-corrected chi connectivity index (χ2v) is 8.74. The summed E-state index contributed by atoms with van der Waals surface area (Å²) in [6.07, 6.45) is 1.52. The number of hydrogen-bond donors (Lipinski definition) is 0. The van der Waals surface area contributed by atoms with Crippen molar-refractivity contribution in [3.05, 3.63) is 77.7 Å². The number of rotatable bonds is 9. The minimum Gasteiger partial charge on any atom is -0.496 e. The molecule has 4 aromatic rings. The van der Waals surface area contributed by atoms with E-state index in [1.165, 1.54) is 6.26 Å². The highest BCUT2D eigenvalue weighted by molar-refractivity contribution is 5.94. The van der Waals surface area contributed by atoms with Gasteiger partial charge in [0.15, 0.2) is 5.76 Å². The largest absolute Gasteiger partial charge is 0.496 e. The Bertz CT molecular complexity index is 1300. The fourth-order valence-electron chi connectivity index (χ4n) is 4.01. The molecular weight excluding hydrogens is 442 g/mol. The third-order valence-corrected chi connectivity index (χ3v) is 5.95. The molecule has 182 valence electrons. The summed E-state index contributed by atoms with van der Waals surface area (Å²) in [6.45, 7) is 3.66. The minimum absolute atomic E-state index is 0.163. The quantitative estimate of drug-likeness (QED) is 0.340. The minimum atomic E-state index is -0.163. The molecule has 2 aromatic heterocycles. The van der Waals surface area contributed by atoms with Gasteiger partial charge in [0.25, 0.3) is 5.91 Å². The molecule has 0 saturated carbocycles. The molecule has 0 radical (unpaired) electrons. The zero-order valence-electron chi connectivity index (χ0n) is 20.9. The summed E-state index contributed by atoms with van der Waals surface area (Å²) in [5.74, 6) is 1.51. The number of likely N-dealkylation sites (N-methyl/N-ethyl adjacent to an activating group) is 1. The lowest BCUT2D eigenvalue weighted by atomic mass is 10.0. The SMILES string of the molecule is COc1ccc(OC)c2nc(-c3ccc(C)cc3)c(CN(CCN(C)C)C(=O)c3ccco3)cc12. The first-order valence-electron chi connectivity index (χ1n) is 11.5. The van der Waals surface area contributed by atoms with Crippen molar-refractivity contribution in [3.8, 4) is 22.8 Å². The van der Waals surface area contributed by atoms with Gasteiger partial charge in [-0.05, 0) is 56.9 Å². The Morgan fingerprint density at radius 3 is 2.31 bits per heavy atom. The fraction of sp³-hybridized carbons (Fsp3) is 0.286. The molecule has 0 unspecified atom stereocenters. The van der Waals surface area contributed by atoms with Gasteiger partial charge in [-0.1, -0.05) is 29.8 Å². The number of fused-ring (bicyclic) bond motifs is 1. The van der Waals surface area contributed by atoms with Gasteiger partial charge < -0.3 is 23.7 Å². The molecule has 0 bridgehead atoms. The number of ether oxygens (including phenoxy) is 2. The van der Waals surface area contributed by atoms with Gasteiger partial charge in [-0.15, -0.1) is 0 Å². The average Bonchev–Trinajstić information content (AvgIpc) is 3.40. The van der Waals surface area contributed by atoms with E-state index in [-0.39, 0.29) is 5.91 Å². The maximum absolute atomic E-state index is 13.4. The zero-order valence-corrected chi connectivity index (χ0v) is 20.9. The molecule has 0 aliphatic carbocycles. The summed E-state index contributed by atoms with van der Waals surface area (Å²) in [7, 11) is 7.25. The van der Waals surface area contributed by atoms with E-state index < -0.39 is 0 Å². The summed E-state index contributed by atoms with van der Waals surface area (Å²) < 4.78 is 16.7. The molecule has 2 heterocycles. The monoisotopic (exact) mass is 473 g/mol. The highest BCUT2D eigenvalue weighted by Crippen LogP contribution is 2.36. The molecule has 2 aromatic carbocycles. The molecular formula is C28H31N3O4. The first-order chi connectivity index (χ1) is 16.9. The van der Waals surface area contributed by atoms with Crippen molar-refractivity contribution < 1.29 is 18.7 Å². The Labute approximate surface area is 205 Å². The van der Waals surface area contributed by atoms with Crippen molar-refractivity contribution in [1.82, 2.24) is 14.8 Å². The van der Waals surface area contributed by atoms with Gasteiger partial charge in [0.2, 0.25) is 0 Å². The van der Waals surface area contributed by atoms with Gasteiger partial charge in [0.1, 0.15) is 17.0 Å². The molecule has 0 saturated heterocycles. The molecule has 1 amide bonds. The first-order valence-corrected chi connectivity index (χ1v) is 11.5. The van der Waals surface area contributed by atoms with Crippen LogP contribution in [0.4, 0.5) is 0 Å². The number of carbonyl (C=O) groups excluding carboxylic acids is 1. The third-order valence-electron chi connectivity index (χ3n) is 5.95. The molecule has 4 rings (SSSR count). The van der Waals surface area contributed by atoms with Crippen LogP contribution in [0.25, 0.3) is 22.2 Å². The van der Waals surface area contributed by atoms with Crippen molar-refractivity contribution in [1.29, 1.82) is 0 Å². The number of carbonyl (C=O) groups is 1. The van der Waals surface area contributed by atoms with Gasteiger partial charge in [0.05, 0.1) is 26.2 Å². The number of benzene rings is 2. The number of aromatic nitrogens is 1. The molecule has 0 aliphatic rings. The predicted octanol–water partition coefficient (Wildman–Crippen LogP) is 5.02. The Morgan fingerprint density at radius 1 is 0.971 bits per heavy atom. The fourth-order valence-corrected chi connectivity index (χ4v) is 4.01. The lowest BCUT2D eigenvalue weighted by molar-refractivity contribution is 0.0700. The summed E-state index contributed by atoms with van der Waals surface area (Å²) >= 11 is 0. The van der Waals surface area contributed by atoms with Gasteiger partial charge >= 0.3 is 0 Å². The van der Waals surface area contributed by atoms with Crippen LogP contribution >= 0.6 is 0 Å². The Balaban J connectivity index is 1.87. The van der Waals surface area contributed by atoms with E-state index in [1.54, 1.807) is 31.3 Å². The van der Waals surface area contributed by atoms with Crippen molar-refractivity contribution in [2.24, 2.45) is 0 Å². The van der Waals surface area contributed by atoms with Crippen LogP contribution in [0.5, 0.6) is 11.5 Å². The molecule has 35 heavy (non-hydrogen) atoms. The van der Waals surface area contributed by atoms with E-state index in [2.05, 4.69) is 42.2 Å². The number of pyridine rings is 1. The summed E-state index contributed by atoms with van der Waals surface area (Å²) in [5.41, 5.74) is 4.55. The number of methoxy groups -OCH3 is 2. The lowest BCUT2D eigenvalue weighted by Crippen LogP contribution is -2.36. The van der Waals surface area contributed by atoms with Crippen molar-refractivity contribution in [2.45, 2.75) is 13.5 Å². The van der Waals surface area contributed by atoms with Crippen molar-refractivity contribution in [2.75, 3.05) is 41.4 Å². The molecule has 0 atom stereocenters. The van der Waals surface area contributed by atoms with Gasteiger partial charge in [0, 0.05) is 30.6 Å². The van der Waals surface area contributed by atoms with E-state index in [0.717, 1.165) is 27.8 Å². The molecule has 0 aliphatic heterocycles. The number of nitrogens with zero attached hydrogens (tertiary/aromatic N) is 3. The van der Waals surface area contributed by atoms with Gasteiger partial charge in [-0.2, -0.15) is 0 Å². The Kier molecular flexibility index (Phi) is 7.36. The summed E-state index contributed by atoms with van der Waals surface area (Å²) in [6, 6.07) is 17.4. The van der Waals surface area contributed by atoms with Gasteiger partial charge in [-0.25, -0.2) is 4.98 Å². The number of amides is 1. The molecule has 7 nitrogen and oxygen atoms in total. The third kappa shape index (κ3) is 5.30. The van der Waals surface area contributed by atoms with Gasteiger partial charge in [-0.3, -0.25) is 4.79 Å². The molecule has 0 fully saturated rings. The van der Waals surface area contributed by atoms with E-state index in [4.69, 9.17) is 18.9 Å². The molecule has 0 N–H and O–H groups in total. The normalized spacial score (nSPS) is 11.1. The highest BCUT2D eigenvalue weighted by atomic mass is 16.5. The van der Waals surface area contributed by atoms with E-state index in [0.29, 0.717) is 42.4 Å². The predicted molar refractivity (Wildman–Crippen MR) is 137 cm³/mol. The number of furan rings is 1. The van der Waals surface area contributed by atoms with Crippen LogP contribution in [-0.4, -0.2) is 62.1 Å².